The molecule has 0 fully saturated rings. The molecule has 5 nitrogen and oxygen atoms in total. The lowest BCUT2D eigenvalue weighted by Gasteiger charge is -2.20. The fraction of sp³-hybridized carbons (Fsp3) is 0.381. The van der Waals surface area contributed by atoms with E-state index in [0.717, 1.165) is 24.9 Å². The van der Waals surface area contributed by atoms with Gasteiger partial charge in [0.25, 0.3) is 5.91 Å². The molecule has 2 rings (SSSR count). The average Bonchev–Trinajstić information content (AvgIpc) is 2.60. The lowest BCUT2D eigenvalue weighted by Crippen LogP contribution is -2.33. The van der Waals surface area contributed by atoms with Crippen LogP contribution in [0.1, 0.15) is 56.5 Å². The maximum absolute atomic E-state index is 12.4. The molecule has 0 spiro atoms. The molecule has 0 aromatic heterocycles. The molecule has 0 aliphatic rings. The predicted octanol–water partition coefficient (Wildman–Crippen LogP) is 4.82. The highest BCUT2D eigenvalue weighted by Gasteiger charge is 2.28. The minimum absolute atomic E-state index is 0.235. The molecule has 0 radical (unpaired) electrons. The van der Waals surface area contributed by atoms with Crippen molar-refractivity contribution in [2.75, 3.05) is 10.0 Å². The standard InChI is InChI=1S/C21H28N2O3S/c1-5-6-7-16-8-12-18(13-9-16)22-20(24)17-10-14-19(15-11-17)23-27(25,26)21(2,3)4/h8-15,23H,5-7H2,1-4H3,(H,22,24). The van der Waals surface area contributed by atoms with Crippen LogP contribution in [0.15, 0.2) is 48.5 Å². The molecule has 0 unspecified atom stereocenters. The van der Waals surface area contributed by atoms with Crippen LogP contribution >= 0.6 is 0 Å². The number of nitrogens with one attached hydrogen (secondary N) is 2. The highest BCUT2D eigenvalue weighted by molar-refractivity contribution is 7.94. The van der Waals surface area contributed by atoms with Crippen molar-refractivity contribution in [1.82, 2.24) is 0 Å². The minimum Gasteiger partial charge on any atom is -0.322 e. The molecule has 2 aromatic rings. The van der Waals surface area contributed by atoms with Gasteiger partial charge in [-0.05, 0) is 75.6 Å². The van der Waals surface area contributed by atoms with E-state index in [1.165, 1.54) is 5.56 Å². The summed E-state index contributed by atoms with van der Waals surface area (Å²) in [5.74, 6) is -0.235. The second-order valence-corrected chi connectivity index (χ2v) is 9.99. The van der Waals surface area contributed by atoms with Gasteiger partial charge in [0.1, 0.15) is 0 Å². The Kier molecular flexibility index (Phi) is 6.65. The van der Waals surface area contributed by atoms with Gasteiger partial charge < -0.3 is 5.32 Å². The number of sulfonamides is 1. The lowest BCUT2D eigenvalue weighted by atomic mass is 10.1. The average molecular weight is 389 g/mol. The Bertz CT molecular complexity index is 865. The number of carbonyl (C=O) groups is 1. The third-order valence-corrected chi connectivity index (χ3v) is 6.35. The van der Waals surface area contributed by atoms with Gasteiger partial charge in [0, 0.05) is 16.9 Å². The number of aryl methyl sites for hydroxylation is 1. The van der Waals surface area contributed by atoms with Gasteiger partial charge in [-0.25, -0.2) is 8.42 Å². The molecule has 0 saturated carbocycles. The first-order chi connectivity index (χ1) is 12.6. The van der Waals surface area contributed by atoms with Crippen molar-refractivity contribution in [1.29, 1.82) is 0 Å². The Labute approximate surface area is 162 Å². The molecule has 0 aliphatic carbocycles. The Balaban J connectivity index is 2.01. The summed E-state index contributed by atoms with van der Waals surface area (Å²) < 4.78 is 26.0. The molecule has 0 heterocycles. The number of amides is 1. The molecule has 146 valence electrons. The van der Waals surface area contributed by atoms with E-state index in [-0.39, 0.29) is 5.91 Å². The van der Waals surface area contributed by atoms with Crippen LogP contribution < -0.4 is 10.0 Å². The summed E-state index contributed by atoms with van der Waals surface area (Å²) in [5.41, 5.74) is 2.88. The van der Waals surface area contributed by atoms with Crippen LogP contribution in [0.4, 0.5) is 11.4 Å². The largest absolute Gasteiger partial charge is 0.322 e. The van der Waals surface area contributed by atoms with Crippen molar-refractivity contribution >= 4 is 27.3 Å². The first-order valence-electron chi connectivity index (χ1n) is 9.15. The SMILES string of the molecule is CCCCc1ccc(NC(=O)c2ccc(NS(=O)(=O)C(C)(C)C)cc2)cc1. The van der Waals surface area contributed by atoms with Gasteiger partial charge in [-0.1, -0.05) is 25.5 Å². The van der Waals surface area contributed by atoms with Gasteiger partial charge in [-0.2, -0.15) is 0 Å². The van der Waals surface area contributed by atoms with Crippen molar-refractivity contribution in [3.63, 3.8) is 0 Å². The fourth-order valence-electron chi connectivity index (χ4n) is 2.34. The molecule has 2 N–H and O–H groups in total. The molecule has 6 heteroatoms. The maximum atomic E-state index is 12.4. The number of benzene rings is 2. The third kappa shape index (κ3) is 5.82. The van der Waals surface area contributed by atoms with Gasteiger partial charge in [-0.15, -0.1) is 0 Å². The van der Waals surface area contributed by atoms with Crippen molar-refractivity contribution in [2.24, 2.45) is 0 Å². The van der Waals surface area contributed by atoms with E-state index in [0.29, 0.717) is 11.3 Å². The Morgan fingerprint density at radius 2 is 1.48 bits per heavy atom. The fourth-order valence-corrected chi connectivity index (χ4v) is 3.09. The third-order valence-electron chi connectivity index (χ3n) is 4.24. The summed E-state index contributed by atoms with van der Waals surface area (Å²) >= 11 is 0. The van der Waals surface area contributed by atoms with Crippen LogP contribution in [0, 0.1) is 0 Å². The van der Waals surface area contributed by atoms with Crippen LogP contribution in [0.2, 0.25) is 0 Å². The highest BCUT2D eigenvalue weighted by Crippen LogP contribution is 2.20. The lowest BCUT2D eigenvalue weighted by molar-refractivity contribution is 0.102. The van der Waals surface area contributed by atoms with Crippen molar-refractivity contribution < 1.29 is 13.2 Å². The number of anilines is 2. The van der Waals surface area contributed by atoms with Crippen LogP contribution in [0.25, 0.3) is 0 Å². The van der Waals surface area contributed by atoms with Crippen LogP contribution in [0.5, 0.6) is 0 Å². The summed E-state index contributed by atoms with van der Waals surface area (Å²) in [6.45, 7) is 7.05. The Morgan fingerprint density at radius 3 is 2.00 bits per heavy atom. The summed E-state index contributed by atoms with van der Waals surface area (Å²) in [6, 6.07) is 14.2. The molecule has 0 bridgehead atoms. The van der Waals surface area contributed by atoms with E-state index in [4.69, 9.17) is 0 Å². The summed E-state index contributed by atoms with van der Waals surface area (Å²) in [7, 11) is -3.49. The monoisotopic (exact) mass is 388 g/mol. The number of unbranched alkanes of at least 4 members (excludes halogenated alkanes) is 1. The zero-order chi connectivity index (χ0) is 20.1. The normalized spacial score (nSPS) is 11.9. The van der Waals surface area contributed by atoms with Gasteiger partial charge in [0.15, 0.2) is 0 Å². The van der Waals surface area contributed by atoms with Gasteiger partial charge in [-0.3, -0.25) is 9.52 Å². The van der Waals surface area contributed by atoms with Crippen molar-refractivity contribution in [2.45, 2.75) is 51.7 Å². The molecular formula is C21H28N2O3S. The number of hydrogen-bond acceptors (Lipinski definition) is 3. The molecule has 0 aliphatic heterocycles. The quantitative estimate of drug-likeness (QED) is 0.714. The Morgan fingerprint density at radius 1 is 0.926 bits per heavy atom. The first kappa shape index (κ1) is 21.0. The predicted molar refractivity (Wildman–Crippen MR) is 112 cm³/mol. The Hall–Kier alpha value is -2.34. The number of carbonyl (C=O) groups excluding carboxylic acids is 1. The van der Waals surface area contributed by atoms with E-state index < -0.39 is 14.8 Å². The van der Waals surface area contributed by atoms with E-state index in [9.17, 15) is 13.2 Å². The zero-order valence-corrected chi connectivity index (χ0v) is 17.2. The smallest absolute Gasteiger partial charge is 0.255 e. The van der Waals surface area contributed by atoms with Crippen molar-refractivity contribution in [3.05, 3.63) is 59.7 Å². The van der Waals surface area contributed by atoms with E-state index >= 15 is 0 Å². The van der Waals surface area contributed by atoms with E-state index in [1.54, 1.807) is 45.0 Å². The first-order valence-corrected chi connectivity index (χ1v) is 10.6. The maximum Gasteiger partial charge on any atom is 0.255 e. The van der Waals surface area contributed by atoms with Gasteiger partial charge in [0.05, 0.1) is 4.75 Å². The van der Waals surface area contributed by atoms with E-state index in [1.807, 2.05) is 24.3 Å². The molecule has 1 amide bonds. The molecule has 27 heavy (non-hydrogen) atoms. The number of hydrogen-bond donors (Lipinski definition) is 2. The molecule has 2 aromatic carbocycles. The minimum atomic E-state index is -3.49. The van der Waals surface area contributed by atoms with Gasteiger partial charge in [0.2, 0.25) is 10.0 Å². The molecule has 0 atom stereocenters. The van der Waals surface area contributed by atoms with Crippen LogP contribution in [0.3, 0.4) is 0 Å². The molecular weight excluding hydrogens is 360 g/mol. The zero-order valence-electron chi connectivity index (χ0n) is 16.4. The van der Waals surface area contributed by atoms with Crippen LogP contribution in [-0.4, -0.2) is 19.1 Å². The van der Waals surface area contributed by atoms with Gasteiger partial charge >= 0.3 is 0 Å². The molecule has 0 saturated heterocycles. The van der Waals surface area contributed by atoms with Crippen LogP contribution in [-0.2, 0) is 16.4 Å². The van der Waals surface area contributed by atoms with Crippen molar-refractivity contribution in [3.8, 4) is 0 Å². The summed E-state index contributed by atoms with van der Waals surface area (Å²) in [5, 5.41) is 2.86. The summed E-state index contributed by atoms with van der Waals surface area (Å²) in [6.07, 6.45) is 3.34. The second-order valence-electron chi connectivity index (χ2n) is 7.55. The van der Waals surface area contributed by atoms with E-state index in [2.05, 4.69) is 17.0 Å². The highest BCUT2D eigenvalue weighted by atomic mass is 32.2. The number of rotatable bonds is 7. The second kappa shape index (κ2) is 8.57. The summed E-state index contributed by atoms with van der Waals surface area (Å²) in [4.78, 5) is 12.4. The topological polar surface area (TPSA) is 75.3 Å².